The molecular weight excluding hydrogens is 275 g/mol. The molecule has 0 aliphatic carbocycles. The summed E-state index contributed by atoms with van der Waals surface area (Å²) in [6.45, 7) is 1.47. The van der Waals surface area contributed by atoms with Crippen molar-refractivity contribution in [1.29, 1.82) is 0 Å². The molecule has 2 amide bonds. The van der Waals surface area contributed by atoms with E-state index in [0.717, 1.165) is 0 Å². The Bertz CT molecular complexity index is 521. The van der Waals surface area contributed by atoms with Crippen molar-refractivity contribution in [3.63, 3.8) is 0 Å². The first-order chi connectivity index (χ1) is 10.1. The van der Waals surface area contributed by atoms with E-state index in [0.29, 0.717) is 25.3 Å². The number of methoxy groups -OCH3 is 1. The van der Waals surface area contributed by atoms with E-state index in [4.69, 9.17) is 4.74 Å². The van der Waals surface area contributed by atoms with E-state index in [1.54, 1.807) is 30.2 Å². The smallest absolute Gasteiger partial charge is 0.225 e. The number of nitrogens with zero attached hydrogens (tertiary/aromatic N) is 1. The molecule has 1 heterocycles. The fourth-order valence-corrected chi connectivity index (χ4v) is 2.33. The summed E-state index contributed by atoms with van der Waals surface area (Å²) >= 11 is 0. The Morgan fingerprint density at radius 1 is 1.48 bits per heavy atom. The topological polar surface area (TPSA) is 58.6 Å². The first kappa shape index (κ1) is 15.4. The first-order valence-corrected chi connectivity index (χ1v) is 6.89. The van der Waals surface area contributed by atoms with Crippen molar-refractivity contribution >= 4 is 11.8 Å². The maximum Gasteiger partial charge on any atom is 0.225 e. The molecule has 1 aromatic rings. The van der Waals surface area contributed by atoms with E-state index in [2.05, 4.69) is 5.32 Å². The van der Waals surface area contributed by atoms with Crippen LogP contribution in [0, 0.1) is 11.7 Å². The zero-order valence-electron chi connectivity index (χ0n) is 12.0. The lowest BCUT2D eigenvalue weighted by Crippen LogP contribution is -2.33. The highest BCUT2D eigenvalue weighted by Gasteiger charge is 2.33. The van der Waals surface area contributed by atoms with Crippen LogP contribution in [0.3, 0.4) is 0 Å². The second-order valence-electron chi connectivity index (χ2n) is 5.04. The highest BCUT2D eigenvalue weighted by atomic mass is 19.1. The molecule has 1 aliphatic heterocycles. The quantitative estimate of drug-likeness (QED) is 0.849. The molecule has 0 unspecified atom stereocenters. The summed E-state index contributed by atoms with van der Waals surface area (Å²) in [5, 5.41) is 2.69. The molecule has 0 saturated carbocycles. The lowest BCUT2D eigenvalue weighted by atomic mass is 10.1. The van der Waals surface area contributed by atoms with Gasteiger partial charge in [-0.1, -0.05) is 18.2 Å². The molecule has 5 nitrogen and oxygen atoms in total. The summed E-state index contributed by atoms with van der Waals surface area (Å²) in [5.41, 5.74) is 0.436. The van der Waals surface area contributed by atoms with Gasteiger partial charge in [-0.2, -0.15) is 0 Å². The van der Waals surface area contributed by atoms with Gasteiger partial charge in [0.1, 0.15) is 5.82 Å². The number of hydrogen-bond acceptors (Lipinski definition) is 3. The van der Waals surface area contributed by atoms with Crippen molar-refractivity contribution < 1.29 is 18.7 Å². The van der Waals surface area contributed by atoms with E-state index < -0.39 is 0 Å². The van der Waals surface area contributed by atoms with Crippen molar-refractivity contribution in [3.05, 3.63) is 35.6 Å². The highest BCUT2D eigenvalue weighted by molar-refractivity contribution is 5.89. The van der Waals surface area contributed by atoms with Gasteiger partial charge in [-0.3, -0.25) is 9.59 Å². The van der Waals surface area contributed by atoms with Crippen LogP contribution >= 0.6 is 0 Å². The van der Waals surface area contributed by atoms with Crippen LogP contribution in [-0.4, -0.2) is 43.5 Å². The number of hydrogen-bond donors (Lipinski definition) is 1. The molecule has 1 aromatic carbocycles. The number of ether oxygens (including phenoxy) is 1. The van der Waals surface area contributed by atoms with E-state index in [1.807, 2.05) is 0 Å². The molecule has 0 radical (unpaired) electrons. The average molecular weight is 294 g/mol. The Morgan fingerprint density at radius 3 is 2.95 bits per heavy atom. The Kier molecular flexibility index (Phi) is 5.27. The minimum Gasteiger partial charge on any atom is -0.383 e. The van der Waals surface area contributed by atoms with E-state index in [-0.39, 0.29) is 36.5 Å². The predicted molar refractivity (Wildman–Crippen MR) is 74.8 cm³/mol. The third kappa shape index (κ3) is 4.01. The highest BCUT2D eigenvalue weighted by Crippen LogP contribution is 2.18. The van der Waals surface area contributed by atoms with Crippen LogP contribution in [0.5, 0.6) is 0 Å². The number of carbonyl (C=O) groups is 2. The summed E-state index contributed by atoms with van der Waals surface area (Å²) in [4.78, 5) is 25.4. The molecule has 1 saturated heterocycles. The zero-order chi connectivity index (χ0) is 15.2. The molecule has 1 fully saturated rings. The van der Waals surface area contributed by atoms with Crippen LogP contribution < -0.4 is 5.32 Å². The van der Waals surface area contributed by atoms with Gasteiger partial charge in [-0.15, -0.1) is 0 Å². The SMILES string of the molecule is COCCN1C[C@H](C(=O)NCc2ccccc2F)CC1=O. The van der Waals surface area contributed by atoms with E-state index in [1.165, 1.54) is 6.07 Å². The first-order valence-electron chi connectivity index (χ1n) is 6.89. The van der Waals surface area contributed by atoms with Gasteiger partial charge >= 0.3 is 0 Å². The van der Waals surface area contributed by atoms with Crippen LogP contribution in [0.15, 0.2) is 24.3 Å². The van der Waals surface area contributed by atoms with Gasteiger partial charge < -0.3 is 15.0 Å². The van der Waals surface area contributed by atoms with Crippen molar-refractivity contribution in [2.24, 2.45) is 5.92 Å². The molecule has 0 bridgehead atoms. The second kappa shape index (κ2) is 7.17. The molecule has 0 aromatic heterocycles. The Hall–Kier alpha value is -1.95. The molecule has 1 N–H and O–H groups in total. The lowest BCUT2D eigenvalue weighted by molar-refractivity contribution is -0.129. The van der Waals surface area contributed by atoms with Crippen LogP contribution in [0.4, 0.5) is 4.39 Å². The van der Waals surface area contributed by atoms with Gasteiger partial charge in [0.25, 0.3) is 0 Å². The number of amides is 2. The normalized spacial score (nSPS) is 18.1. The summed E-state index contributed by atoms with van der Waals surface area (Å²) < 4.78 is 18.4. The fourth-order valence-electron chi connectivity index (χ4n) is 2.33. The molecule has 114 valence electrons. The zero-order valence-corrected chi connectivity index (χ0v) is 12.0. The van der Waals surface area contributed by atoms with Crippen molar-refractivity contribution in [3.8, 4) is 0 Å². The van der Waals surface area contributed by atoms with Gasteiger partial charge in [-0.25, -0.2) is 4.39 Å². The largest absolute Gasteiger partial charge is 0.383 e. The summed E-state index contributed by atoms with van der Waals surface area (Å²) in [7, 11) is 1.57. The standard InChI is InChI=1S/C15H19FN2O3/c1-21-7-6-18-10-12(8-14(18)19)15(20)17-9-11-4-2-3-5-13(11)16/h2-5,12H,6-10H2,1H3,(H,17,20)/t12-/m1/s1. The maximum absolute atomic E-state index is 13.5. The number of carbonyl (C=O) groups excluding carboxylic acids is 2. The monoisotopic (exact) mass is 294 g/mol. The minimum atomic E-state index is -0.374. The van der Waals surface area contributed by atoms with Gasteiger partial charge in [0, 0.05) is 38.7 Å². The maximum atomic E-state index is 13.5. The van der Waals surface area contributed by atoms with Gasteiger partial charge in [0.15, 0.2) is 0 Å². The van der Waals surface area contributed by atoms with Gasteiger partial charge in [0.05, 0.1) is 12.5 Å². The number of rotatable bonds is 6. The molecule has 0 spiro atoms. The van der Waals surface area contributed by atoms with Crippen LogP contribution in [0.2, 0.25) is 0 Å². The fraction of sp³-hybridized carbons (Fsp3) is 0.467. The second-order valence-corrected chi connectivity index (χ2v) is 5.04. The van der Waals surface area contributed by atoms with Crippen LogP contribution in [0.1, 0.15) is 12.0 Å². The molecule has 1 aliphatic rings. The molecule has 6 heteroatoms. The Balaban J connectivity index is 1.84. The van der Waals surface area contributed by atoms with Crippen molar-refractivity contribution in [2.45, 2.75) is 13.0 Å². The number of halogens is 1. The number of nitrogens with one attached hydrogen (secondary N) is 1. The number of likely N-dealkylation sites (tertiary alicyclic amines) is 1. The van der Waals surface area contributed by atoms with Crippen LogP contribution in [0.25, 0.3) is 0 Å². The summed E-state index contributed by atoms with van der Waals surface area (Å²) in [5.74, 6) is -0.979. The molecular formula is C15H19FN2O3. The average Bonchev–Trinajstić information content (AvgIpc) is 2.85. The van der Waals surface area contributed by atoms with Crippen molar-refractivity contribution in [1.82, 2.24) is 10.2 Å². The third-order valence-corrected chi connectivity index (χ3v) is 3.56. The molecule has 1 atom stereocenters. The number of benzene rings is 1. The third-order valence-electron chi connectivity index (χ3n) is 3.56. The summed E-state index contributed by atoms with van der Waals surface area (Å²) in [6, 6.07) is 6.30. The lowest BCUT2D eigenvalue weighted by Gasteiger charge is -2.15. The predicted octanol–water partition coefficient (Wildman–Crippen LogP) is 0.937. The van der Waals surface area contributed by atoms with Crippen LogP contribution in [-0.2, 0) is 20.9 Å². The minimum absolute atomic E-state index is 0.0434. The van der Waals surface area contributed by atoms with E-state index in [9.17, 15) is 14.0 Å². The van der Waals surface area contributed by atoms with Crippen molar-refractivity contribution in [2.75, 3.05) is 26.8 Å². The molecule has 2 rings (SSSR count). The van der Waals surface area contributed by atoms with Gasteiger partial charge in [0.2, 0.25) is 11.8 Å². The molecule has 21 heavy (non-hydrogen) atoms. The summed E-state index contributed by atoms with van der Waals surface area (Å²) in [6.07, 6.45) is 0.201. The Labute approximate surface area is 123 Å². The Morgan fingerprint density at radius 2 is 2.24 bits per heavy atom. The van der Waals surface area contributed by atoms with E-state index >= 15 is 0 Å². The van der Waals surface area contributed by atoms with Gasteiger partial charge in [-0.05, 0) is 6.07 Å².